The molecule has 0 radical (unpaired) electrons. The quantitative estimate of drug-likeness (QED) is 0.603. The van der Waals surface area contributed by atoms with Crippen molar-refractivity contribution in [2.75, 3.05) is 6.54 Å². The van der Waals surface area contributed by atoms with Crippen molar-refractivity contribution in [3.05, 3.63) is 52.3 Å². The second-order valence-electron chi connectivity index (χ2n) is 6.51. The van der Waals surface area contributed by atoms with Crippen LogP contribution in [0.1, 0.15) is 38.4 Å². The summed E-state index contributed by atoms with van der Waals surface area (Å²) in [7, 11) is 0. The highest BCUT2D eigenvalue weighted by atomic mass is 16.6. The highest BCUT2D eigenvalue weighted by molar-refractivity contribution is 5.76. The minimum Gasteiger partial charge on any atom is -0.461 e. The predicted octanol–water partition coefficient (Wildman–Crippen LogP) is 4.19. The van der Waals surface area contributed by atoms with Crippen molar-refractivity contribution in [2.45, 2.75) is 45.1 Å². The van der Waals surface area contributed by atoms with Gasteiger partial charge in [-0.15, -0.1) is 0 Å². The van der Waals surface area contributed by atoms with Gasteiger partial charge in [-0.25, -0.2) is 0 Å². The third-order valence-corrected chi connectivity index (χ3v) is 4.71. The summed E-state index contributed by atoms with van der Waals surface area (Å²) in [6.45, 7) is 2.95. The molecule has 1 aliphatic rings. The number of hydrogen-bond acceptors (Lipinski definition) is 4. The summed E-state index contributed by atoms with van der Waals surface area (Å²) >= 11 is 0. The molecule has 2 aromatic rings. The first-order chi connectivity index (χ1) is 12.0. The predicted molar refractivity (Wildman–Crippen MR) is 94.1 cm³/mol. The van der Waals surface area contributed by atoms with Crippen LogP contribution in [0.5, 0.6) is 0 Å². The summed E-state index contributed by atoms with van der Waals surface area (Å²) < 4.78 is 5.78. The maximum Gasteiger partial charge on any atom is 0.270 e. The van der Waals surface area contributed by atoms with E-state index in [1.807, 2.05) is 11.0 Å². The Labute approximate surface area is 146 Å². The zero-order valence-electron chi connectivity index (χ0n) is 14.3. The van der Waals surface area contributed by atoms with Crippen LogP contribution >= 0.6 is 0 Å². The van der Waals surface area contributed by atoms with Gasteiger partial charge in [-0.3, -0.25) is 14.9 Å². The molecule has 6 nitrogen and oxygen atoms in total. The molecule has 2 heterocycles. The van der Waals surface area contributed by atoms with E-state index in [1.165, 1.54) is 18.6 Å². The summed E-state index contributed by atoms with van der Waals surface area (Å²) in [5, 5.41) is 10.9. The van der Waals surface area contributed by atoms with E-state index in [-0.39, 0.29) is 11.6 Å². The van der Waals surface area contributed by atoms with Crippen LogP contribution in [0.25, 0.3) is 11.3 Å². The van der Waals surface area contributed by atoms with Gasteiger partial charge in [-0.2, -0.15) is 0 Å². The van der Waals surface area contributed by atoms with E-state index in [0.29, 0.717) is 30.2 Å². The number of nitro benzene ring substituents is 1. The van der Waals surface area contributed by atoms with E-state index in [0.717, 1.165) is 25.1 Å². The molecule has 0 N–H and O–H groups in total. The Morgan fingerprint density at radius 3 is 2.92 bits per heavy atom. The molecule has 1 amide bonds. The van der Waals surface area contributed by atoms with Crippen molar-refractivity contribution in [3.63, 3.8) is 0 Å². The zero-order chi connectivity index (χ0) is 17.8. The van der Waals surface area contributed by atoms with Gasteiger partial charge in [0.2, 0.25) is 5.91 Å². The van der Waals surface area contributed by atoms with Crippen molar-refractivity contribution in [1.29, 1.82) is 0 Å². The maximum absolute atomic E-state index is 12.4. The average molecular weight is 342 g/mol. The molecule has 1 aromatic heterocycles. The SMILES string of the molecule is C[C@H]1CCCCN1C(=O)CCc1ccc(-c2cccc([N+](=O)[O-])c2)o1. The van der Waals surface area contributed by atoms with Gasteiger partial charge < -0.3 is 9.32 Å². The standard InChI is InChI=1S/C19H22N2O4/c1-14-5-2-3-12-20(14)19(22)11-9-17-8-10-18(25-17)15-6-4-7-16(13-15)21(23)24/h4,6-8,10,13-14H,2-3,5,9,11-12H2,1H3/t14-/m0/s1. The Hall–Kier alpha value is -2.63. The van der Waals surface area contributed by atoms with Gasteiger partial charge >= 0.3 is 0 Å². The number of hydrogen-bond donors (Lipinski definition) is 0. The fraction of sp³-hybridized carbons (Fsp3) is 0.421. The summed E-state index contributed by atoms with van der Waals surface area (Å²) in [6.07, 6.45) is 4.30. The highest BCUT2D eigenvalue weighted by Crippen LogP contribution is 2.26. The van der Waals surface area contributed by atoms with Gasteiger partial charge in [0.05, 0.1) is 4.92 Å². The van der Waals surface area contributed by atoms with Crippen LogP contribution in [0.4, 0.5) is 5.69 Å². The van der Waals surface area contributed by atoms with Crippen LogP contribution in [0.2, 0.25) is 0 Å². The van der Waals surface area contributed by atoms with Gasteiger partial charge in [0.1, 0.15) is 11.5 Å². The lowest BCUT2D eigenvalue weighted by molar-refractivity contribution is -0.384. The molecule has 6 heteroatoms. The zero-order valence-corrected chi connectivity index (χ0v) is 14.3. The number of amides is 1. The van der Waals surface area contributed by atoms with Crippen molar-refractivity contribution in [3.8, 4) is 11.3 Å². The highest BCUT2D eigenvalue weighted by Gasteiger charge is 2.23. The largest absolute Gasteiger partial charge is 0.461 e. The minimum absolute atomic E-state index is 0.0321. The Bertz CT molecular complexity index is 768. The number of nitrogens with zero attached hydrogens (tertiary/aromatic N) is 2. The number of carbonyl (C=O) groups excluding carboxylic acids is 1. The number of carbonyl (C=O) groups is 1. The van der Waals surface area contributed by atoms with Crippen molar-refractivity contribution < 1.29 is 14.1 Å². The van der Waals surface area contributed by atoms with Gasteiger partial charge in [0.25, 0.3) is 5.69 Å². The topological polar surface area (TPSA) is 76.6 Å². The monoisotopic (exact) mass is 342 g/mol. The summed E-state index contributed by atoms with van der Waals surface area (Å²) in [5.41, 5.74) is 0.696. The number of benzene rings is 1. The fourth-order valence-electron chi connectivity index (χ4n) is 3.28. The lowest BCUT2D eigenvalue weighted by atomic mass is 10.0. The van der Waals surface area contributed by atoms with Crippen LogP contribution in [-0.2, 0) is 11.2 Å². The van der Waals surface area contributed by atoms with Crippen LogP contribution in [-0.4, -0.2) is 28.3 Å². The van der Waals surface area contributed by atoms with Crippen LogP contribution in [0.3, 0.4) is 0 Å². The normalized spacial score (nSPS) is 17.5. The third-order valence-electron chi connectivity index (χ3n) is 4.71. The molecule has 1 saturated heterocycles. The molecule has 0 unspecified atom stereocenters. The number of nitro groups is 1. The molecular formula is C19H22N2O4. The van der Waals surface area contributed by atoms with E-state index in [2.05, 4.69) is 6.92 Å². The van der Waals surface area contributed by atoms with Crippen molar-refractivity contribution in [1.82, 2.24) is 4.90 Å². The van der Waals surface area contributed by atoms with E-state index in [1.54, 1.807) is 18.2 Å². The molecule has 3 rings (SSSR count). The number of rotatable bonds is 5. The van der Waals surface area contributed by atoms with E-state index in [9.17, 15) is 14.9 Å². The second-order valence-corrected chi connectivity index (χ2v) is 6.51. The second kappa shape index (κ2) is 7.51. The number of piperidine rings is 1. The number of furan rings is 1. The van der Waals surface area contributed by atoms with Crippen LogP contribution in [0.15, 0.2) is 40.8 Å². The number of likely N-dealkylation sites (tertiary alicyclic amines) is 1. The smallest absolute Gasteiger partial charge is 0.270 e. The number of non-ortho nitro benzene ring substituents is 1. The van der Waals surface area contributed by atoms with Gasteiger partial charge in [-0.1, -0.05) is 12.1 Å². The van der Waals surface area contributed by atoms with E-state index in [4.69, 9.17) is 4.42 Å². The van der Waals surface area contributed by atoms with Crippen molar-refractivity contribution in [2.24, 2.45) is 0 Å². The first-order valence-electron chi connectivity index (χ1n) is 8.67. The summed E-state index contributed by atoms with van der Waals surface area (Å²) in [6, 6.07) is 10.3. The average Bonchev–Trinajstić information content (AvgIpc) is 3.09. The Morgan fingerprint density at radius 1 is 1.32 bits per heavy atom. The first kappa shape index (κ1) is 17.2. The van der Waals surface area contributed by atoms with Gasteiger partial charge in [-0.05, 0) is 38.3 Å². The molecular weight excluding hydrogens is 320 g/mol. The van der Waals surface area contributed by atoms with Crippen LogP contribution in [0, 0.1) is 10.1 Å². The fourth-order valence-corrected chi connectivity index (χ4v) is 3.28. The van der Waals surface area contributed by atoms with Crippen molar-refractivity contribution >= 4 is 11.6 Å². The van der Waals surface area contributed by atoms with Gasteiger partial charge in [0.15, 0.2) is 0 Å². The van der Waals surface area contributed by atoms with Gasteiger partial charge in [0, 0.05) is 43.1 Å². The molecule has 0 spiro atoms. The van der Waals surface area contributed by atoms with E-state index < -0.39 is 4.92 Å². The molecule has 132 valence electrons. The Kier molecular flexibility index (Phi) is 5.16. The molecule has 1 atom stereocenters. The maximum atomic E-state index is 12.4. The Morgan fingerprint density at radius 2 is 2.16 bits per heavy atom. The molecule has 1 fully saturated rings. The molecule has 0 saturated carbocycles. The van der Waals surface area contributed by atoms with Crippen LogP contribution < -0.4 is 0 Å². The molecule has 1 aliphatic heterocycles. The van der Waals surface area contributed by atoms with E-state index >= 15 is 0 Å². The summed E-state index contributed by atoms with van der Waals surface area (Å²) in [4.78, 5) is 24.8. The lowest BCUT2D eigenvalue weighted by Gasteiger charge is -2.33. The molecule has 1 aromatic carbocycles. The third kappa shape index (κ3) is 4.07. The Balaban J connectivity index is 1.63. The first-order valence-corrected chi connectivity index (χ1v) is 8.67. The number of aryl methyl sites for hydroxylation is 1. The summed E-state index contributed by atoms with van der Waals surface area (Å²) in [5.74, 6) is 1.47. The lowest BCUT2D eigenvalue weighted by Crippen LogP contribution is -2.42. The minimum atomic E-state index is -0.425. The molecule has 25 heavy (non-hydrogen) atoms. The molecule has 0 aliphatic carbocycles. The molecule has 0 bridgehead atoms.